The van der Waals surface area contributed by atoms with E-state index in [0.29, 0.717) is 12.5 Å². The number of nitrogens with zero attached hydrogens (tertiary/aromatic N) is 1. The number of aryl methyl sites for hydroxylation is 1. The van der Waals surface area contributed by atoms with Crippen LogP contribution in [0.2, 0.25) is 0 Å². The minimum absolute atomic E-state index is 0.467. The predicted molar refractivity (Wildman–Crippen MR) is 50.0 cm³/mol. The Labute approximate surface area is 77.8 Å². The molecule has 1 aromatic heterocycles. The second kappa shape index (κ2) is 3.00. The van der Waals surface area contributed by atoms with Crippen molar-refractivity contribution in [1.82, 2.24) is 0 Å². The molecule has 1 saturated carbocycles. The molecule has 1 aliphatic carbocycles. The van der Waals surface area contributed by atoms with Crippen LogP contribution < -0.4 is 10.5 Å². The van der Waals surface area contributed by atoms with Crippen molar-refractivity contribution in [3.63, 3.8) is 0 Å². The normalized spacial score (nSPS) is 16.2. The first-order chi connectivity index (χ1) is 6.22. The summed E-state index contributed by atoms with van der Waals surface area (Å²) >= 11 is 0. The Hall–Kier alpha value is -1.09. The van der Waals surface area contributed by atoms with E-state index in [9.17, 15) is 5.21 Å². The first kappa shape index (κ1) is 8.51. The molecular weight excluding hydrogens is 164 g/mol. The van der Waals surface area contributed by atoms with Crippen LogP contribution >= 0.6 is 0 Å². The van der Waals surface area contributed by atoms with Gasteiger partial charge in [0.25, 0.3) is 0 Å². The van der Waals surface area contributed by atoms with Gasteiger partial charge in [0.15, 0.2) is 11.9 Å². The van der Waals surface area contributed by atoms with Gasteiger partial charge in [-0.2, -0.15) is 4.73 Å². The van der Waals surface area contributed by atoms with E-state index in [2.05, 4.69) is 0 Å². The topological polar surface area (TPSA) is 53.0 Å². The molecule has 2 rings (SSSR count). The first-order valence-electron chi connectivity index (χ1n) is 4.65. The Kier molecular flexibility index (Phi) is 1.96. The Morgan fingerprint density at radius 2 is 2.31 bits per heavy atom. The van der Waals surface area contributed by atoms with Crippen molar-refractivity contribution in [2.24, 2.45) is 5.73 Å². The van der Waals surface area contributed by atoms with Crippen molar-refractivity contribution >= 4 is 0 Å². The molecule has 3 nitrogen and oxygen atoms in total. The maximum Gasteiger partial charge on any atom is 0.189 e. The number of rotatable bonds is 2. The monoisotopic (exact) mass is 178 g/mol. The molecule has 0 unspecified atom stereocenters. The predicted octanol–water partition coefficient (Wildman–Crippen LogP) is 0.965. The second-order valence-corrected chi connectivity index (χ2v) is 3.70. The average molecular weight is 178 g/mol. The zero-order chi connectivity index (χ0) is 9.42. The number of pyridine rings is 1. The lowest BCUT2D eigenvalue weighted by Crippen LogP contribution is -2.31. The third-order valence-corrected chi connectivity index (χ3v) is 2.59. The fourth-order valence-corrected chi connectivity index (χ4v) is 1.64. The van der Waals surface area contributed by atoms with E-state index in [1.807, 2.05) is 13.0 Å². The summed E-state index contributed by atoms with van der Waals surface area (Å²) in [4.78, 5) is 0. The molecule has 3 heteroatoms. The zero-order valence-electron chi connectivity index (χ0n) is 7.79. The lowest BCUT2D eigenvalue weighted by atomic mass is 10.1. The Bertz CT molecular complexity index is 332. The minimum atomic E-state index is 0.467. The molecular formula is C10H14N2O. The van der Waals surface area contributed by atoms with Gasteiger partial charge in [0.05, 0.1) is 0 Å². The maximum atomic E-state index is 11.3. The lowest BCUT2D eigenvalue weighted by molar-refractivity contribution is -0.612. The summed E-state index contributed by atoms with van der Waals surface area (Å²) in [6, 6.07) is 1.98. The molecule has 1 aliphatic rings. The molecule has 0 amide bonds. The SMILES string of the molecule is Cc1cc(C2CC2)c(CN)c[n+]1[O-]. The minimum Gasteiger partial charge on any atom is -0.619 e. The third kappa shape index (κ3) is 1.52. The van der Waals surface area contributed by atoms with Gasteiger partial charge in [-0.25, -0.2) is 0 Å². The highest BCUT2D eigenvalue weighted by atomic mass is 16.5. The van der Waals surface area contributed by atoms with Gasteiger partial charge in [-0.15, -0.1) is 0 Å². The van der Waals surface area contributed by atoms with Gasteiger partial charge in [-0.05, 0) is 24.3 Å². The highest BCUT2D eigenvalue weighted by Gasteiger charge is 2.27. The Morgan fingerprint density at radius 3 is 2.85 bits per heavy atom. The van der Waals surface area contributed by atoms with E-state index in [1.165, 1.54) is 18.4 Å². The number of hydrogen-bond donors (Lipinski definition) is 1. The van der Waals surface area contributed by atoms with E-state index in [1.54, 1.807) is 6.20 Å². The second-order valence-electron chi connectivity index (χ2n) is 3.70. The summed E-state index contributed by atoms with van der Waals surface area (Å²) in [5, 5.41) is 11.3. The molecule has 0 atom stereocenters. The van der Waals surface area contributed by atoms with Gasteiger partial charge in [0, 0.05) is 25.1 Å². The first-order valence-corrected chi connectivity index (χ1v) is 4.65. The van der Waals surface area contributed by atoms with Gasteiger partial charge < -0.3 is 10.9 Å². The molecule has 0 aliphatic heterocycles. The molecule has 70 valence electrons. The average Bonchev–Trinajstić information content (AvgIpc) is 2.92. The standard InChI is InChI=1S/C10H14N2O/c1-7-4-10(8-2-3-8)9(5-11)6-12(7)13/h4,6,8H,2-3,5,11H2,1H3. The molecule has 1 heterocycles. The van der Waals surface area contributed by atoms with Crippen molar-refractivity contribution in [1.29, 1.82) is 0 Å². The van der Waals surface area contributed by atoms with E-state index in [0.717, 1.165) is 16.0 Å². The molecule has 2 N–H and O–H groups in total. The van der Waals surface area contributed by atoms with Gasteiger partial charge in [0.2, 0.25) is 0 Å². The van der Waals surface area contributed by atoms with Crippen LogP contribution in [0.25, 0.3) is 0 Å². The van der Waals surface area contributed by atoms with Gasteiger partial charge in [0.1, 0.15) is 0 Å². The van der Waals surface area contributed by atoms with Crippen LogP contribution in [0.15, 0.2) is 12.3 Å². The van der Waals surface area contributed by atoms with Gasteiger partial charge in [-0.1, -0.05) is 0 Å². The summed E-state index contributed by atoms with van der Waals surface area (Å²) in [6.45, 7) is 2.30. The van der Waals surface area contributed by atoms with Gasteiger partial charge >= 0.3 is 0 Å². The lowest BCUT2D eigenvalue weighted by Gasteiger charge is -2.08. The van der Waals surface area contributed by atoms with Crippen molar-refractivity contribution in [3.05, 3.63) is 34.3 Å². The fourth-order valence-electron chi connectivity index (χ4n) is 1.64. The van der Waals surface area contributed by atoms with E-state index in [4.69, 9.17) is 5.73 Å². The highest BCUT2D eigenvalue weighted by Crippen LogP contribution is 2.41. The molecule has 1 fully saturated rings. The van der Waals surface area contributed by atoms with Crippen LogP contribution in [0.4, 0.5) is 0 Å². The summed E-state index contributed by atoms with van der Waals surface area (Å²) in [6.07, 6.45) is 4.10. The molecule has 0 bridgehead atoms. The maximum absolute atomic E-state index is 11.3. The van der Waals surface area contributed by atoms with Crippen LogP contribution in [-0.2, 0) is 6.54 Å². The van der Waals surface area contributed by atoms with Gasteiger partial charge in [-0.3, -0.25) is 0 Å². The quantitative estimate of drug-likeness (QED) is 0.542. The van der Waals surface area contributed by atoms with Crippen LogP contribution in [0.5, 0.6) is 0 Å². The van der Waals surface area contributed by atoms with Crippen molar-refractivity contribution in [2.75, 3.05) is 0 Å². The van der Waals surface area contributed by atoms with Crippen LogP contribution in [0, 0.1) is 12.1 Å². The number of hydrogen-bond acceptors (Lipinski definition) is 2. The summed E-state index contributed by atoms with van der Waals surface area (Å²) in [5.74, 6) is 0.665. The fraction of sp³-hybridized carbons (Fsp3) is 0.500. The Balaban J connectivity index is 2.46. The smallest absolute Gasteiger partial charge is 0.189 e. The van der Waals surface area contributed by atoms with E-state index < -0.39 is 0 Å². The molecule has 0 saturated heterocycles. The summed E-state index contributed by atoms with van der Waals surface area (Å²) in [5.41, 5.74) is 8.63. The van der Waals surface area contributed by atoms with Crippen molar-refractivity contribution in [2.45, 2.75) is 32.2 Å². The largest absolute Gasteiger partial charge is 0.619 e. The van der Waals surface area contributed by atoms with E-state index >= 15 is 0 Å². The molecule has 0 radical (unpaired) electrons. The summed E-state index contributed by atoms with van der Waals surface area (Å²) < 4.78 is 0.897. The van der Waals surface area contributed by atoms with Crippen molar-refractivity contribution in [3.8, 4) is 0 Å². The zero-order valence-corrected chi connectivity index (χ0v) is 7.79. The van der Waals surface area contributed by atoms with Crippen LogP contribution in [-0.4, -0.2) is 0 Å². The van der Waals surface area contributed by atoms with E-state index in [-0.39, 0.29) is 0 Å². The Morgan fingerprint density at radius 1 is 1.62 bits per heavy atom. The summed E-state index contributed by atoms with van der Waals surface area (Å²) in [7, 11) is 0. The number of nitrogens with two attached hydrogens (primary N) is 1. The van der Waals surface area contributed by atoms with Crippen LogP contribution in [0.1, 0.15) is 35.6 Å². The molecule has 1 aromatic rings. The molecule has 0 spiro atoms. The molecule has 0 aromatic carbocycles. The number of aromatic nitrogens is 1. The van der Waals surface area contributed by atoms with Crippen molar-refractivity contribution < 1.29 is 4.73 Å². The highest BCUT2D eigenvalue weighted by molar-refractivity contribution is 5.30. The third-order valence-electron chi connectivity index (χ3n) is 2.59. The van der Waals surface area contributed by atoms with Crippen LogP contribution in [0.3, 0.4) is 0 Å². The molecule has 13 heavy (non-hydrogen) atoms.